The molecule has 12 unspecified atom stereocenters. The highest BCUT2D eigenvalue weighted by molar-refractivity contribution is 5.79. The molecule has 10 nitrogen and oxygen atoms in total. The summed E-state index contributed by atoms with van der Waals surface area (Å²) in [5.41, 5.74) is -1.53. The summed E-state index contributed by atoms with van der Waals surface area (Å²) in [4.78, 5) is 48.6. The summed E-state index contributed by atoms with van der Waals surface area (Å²) in [6, 6.07) is 0. The molecular formula is C51H80O10. The van der Waals surface area contributed by atoms with E-state index in [1.165, 1.54) is 57.8 Å². The topological polar surface area (TPSA) is 135 Å². The Kier molecular flexibility index (Phi) is 12.2. The second kappa shape index (κ2) is 16.3. The van der Waals surface area contributed by atoms with Gasteiger partial charge in [-0.05, 0) is 191 Å². The van der Waals surface area contributed by atoms with Crippen LogP contribution in [-0.2, 0) is 42.9 Å². The van der Waals surface area contributed by atoms with Crippen molar-refractivity contribution in [3.8, 4) is 0 Å². The third kappa shape index (κ3) is 7.61. The molecule has 0 radical (unpaired) electrons. The average molecular weight is 853 g/mol. The van der Waals surface area contributed by atoms with Gasteiger partial charge in [0, 0.05) is 11.3 Å². The largest absolute Gasteiger partial charge is 0.465 e. The first-order valence-electron chi connectivity index (χ1n) is 24.8. The van der Waals surface area contributed by atoms with E-state index in [1.54, 1.807) is 0 Å². The van der Waals surface area contributed by atoms with E-state index in [1.807, 2.05) is 55.4 Å². The minimum Gasteiger partial charge on any atom is -0.465 e. The van der Waals surface area contributed by atoms with Gasteiger partial charge in [0.05, 0.1) is 41.5 Å². The minimum absolute atomic E-state index is 0.0455. The van der Waals surface area contributed by atoms with Gasteiger partial charge in [-0.2, -0.15) is 0 Å². The van der Waals surface area contributed by atoms with Crippen LogP contribution in [-0.4, -0.2) is 72.2 Å². The number of aliphatic hydroxyl groups is 1. The number of esters is 4. The van der Waals surface area contributed by atoms with Crippen LogP contribution in [0, 0.1) is 86.8 Å². The molecule has 3 aliphatic heterocycles. The Morgan fingerprint density at radius 1 is 0.705 bits per heavy atom. The number of carbonyl (C=O) groups is 4. The lowest BCUT2D eigenvalue weighted by atomic mass is 9.45. The average Bonchev–Trinajstić information content (AvgIpc) is 4.11. The Balaban J connectivity index is 0.000000127. The second-order valence-corrected chi connectivity index (χ2v) is 23.8. The molecule has 3 saturated heterocycles. The maximum Gasteiger partial charge on any atom is 0.312 e. The molecule has 0 aromatic rings. The van der Waals surface area contributed by atoms with Crippen molar-refractivity contribution in [2.24, 2.45) is 86.8 Å². The summed E-state index contributed by atoms with van der Waals surface area (Å²) in [6.07, 6.45) is 16.1. The van der Waals surface area contributed by atoms with Crippen LogP contribution >= 0.6 is 0 Å². The van der Waals surface area contributed by atoms with Crippen molar-refractivity contribution in [3.05, 3.63) is 0 Å². The van der Waals surface area contributed by atoms with Gasteiger partial charge in [-0.1, -0.05) is 27.7 Å². The van der Waals surface area contributed by atoms with Crippen LogP contribution in [0.3, 0.4) is 0 Å². The SMILES string of the molecule is CCC(C)(C)C(=O)OC1(CC)CC2CC1C1C3CCC(C3)C21.CCC(C)(C)C(=O)OC1C2CC3C(=O)OC1C3O2.CCC(C)(C)C(=O)OCC1(CO)C2CC3CC(C2)CC1C3. The van der Waals surface area contributed by atoms with Crippen molar-refractivity contribution in [1.29, 1.82) is 0 Å². The van der Waals surface area contributed by atoms with Crippen LogP contribution in [0.15, 0.2) is 0 Å². The van der Waals surface area contributed by atoms with Crippen LogP contribution in [0.1, 0.15) is 166 Å². The standard InChI is InChI=1S/C20H32O2.C18H30O3.C13H18O5/c1-5-19(3,4)18(21)22-20(6-2)11-14-10-15(20)17-13-8-7-12(9-13)16(14)17;1-4-17(2,3)16(20)21-11-18(10-19)14-6-12-5-13(8-14)9-15(18)7-12;1-4-13(2,3)12(15)18-9-7-5-6-8(16-7)10(9)17-11(6)14/h12-17H,5-11H2,1-4H3;12-15,19H,4-11H2,1-3H3;6-10H,4-5H2,1-3H3. The second-order valence-electron chi connectivity index (χ2n) is 23.8. The minimum atomic E-state index is -0.510. The normalized spacial score (nSPS) is 43.9. The monoisotopic (exact) mass is 853 g/mol. The van der Waals surface area contributed by atoms with Crippen molar-refractivity contribution >= 4 is 23.9 Å². The molecule has 0 aromatic carbocycles. The third-order valence-corrected chi connectivity index (χ3v) is 19.7. The number of fused-ring (bicyclic) bond motifs is 10. The Labute approximate surface area is 366 Å². The fourth-order valence-electron chi connectivity index (χ4n) is 14.8. The number of hydrogen-bond donors (Lipinski definition) is 1. The van der Waals surface area contributed by atoms with Gasteiger partial charge in [-0.15, -0.1) is 0 Å². The number of aliphatic hydroxyl groups excluding tert-OH is 1. The van der Waals surface area contributed by atoms with Crippen molar-refractivity contribution in [2.45, 2.75) is 196 Å². The maximum absolute atomic E-state index is 12.7. The highest BCUT2D eigenvalue weighted by Gasteiger charge is 2.68. The van der Waals surface area contributed by atoms with E-state index in [2.05, 4.69) is 13.8 Å². The first kappa shape index (κ1) is 45.4. The van der Waals surface area contributed by atoms with Crippen molar-refractivity contribution in [1.82, 2.24) is 0 Å². The molecule has 0 spiro atoms. The molecule has 0 amide bonds. The summed E-state index contributed by atoms with van der Waals surface area (Å²) in [5, 5.41) is 10.1. The highest BCUT2D eigenvalue weighted by atomic mass is 16.7. The number of hydrogen-bond acceptors (Lipinski definition) is 10. The number of ether oxygens (including phenoxy) is 5. The van der Waals surface area contributed by atoms with Gasteiger partial charge in [0.1, 0.15) is 11.7 Å². The summed E-state index contributed by atoms with van der Waals surface area (Å²) >= 11 is 0. The Hall–Kier alpha value is -2.20. The molecule has 1 N–H and O–H groups in total. The van der Waals surface area contributed by atoms with Crippen LogP contribution < -0.4 is 0 Å². The molecule has 11 rings (SSSR count). The van der Waals surface area contributed by atoms with E-state index in [-0.39, 0.29) is 65.0 Å². The van der Waals surface area contributed by atoms with Gasteiger partial charge in [0.2, 0.25) is 0 Å². The molecule has 11 fully saturated rings. The lowest BCUT2D eigenvalue weighted by molar-refractivity contribution is -0.184. The lowest BCUT2D eigenvalue weighted by Crippen LogP contribution is -2.57. The molecule has 8 aliphatic carbocycles. The predicted molar refractivity (Wildman–Crippen MR) is 229 cm³/mol. The predicted octanol–water partition coefficient (Wildman–Crippen LogP) is 9.26. The van der Waals surface area contributed by atoms with Crippen LogP contribution in [0.2, 0.25) is 0 Å². The molecule has 12 atom stereocenters. The molecule has 10 bridgehead atoms. The van der Waals surface area contributed by atoms with E-state index in [4.69, 9.17) is 23.7 Å². The maximum atomic E-state index is 12.7. The van der Waals surface area contributed by atoms with E-state index in [0.29, 0.717) is 37.2 Å². The van der Waals surface area contributed by atoms with Gasteiger partial charge in [-0.25, -0.2) is 0 Å². The fraction of sp³-hybridized carbons (Fsp3) is 0.922. The lowest BCUT2D eigenvalue weighted by Gasteiger charge is -2.60. The van der Waals surface area contributed by atoms with Crippen molar-refractivity contribution in [2.75, 3.05) is 13.2 Å². The first-order valence-corrected chi connectivity index (χ1v) is 24.8. The third-order valence-electron chi connectivity index (χ3n) is 19.7. The molecule has 61 heavy (non-hydrogen) atoms. The van der Waals surface area contributed by atoms with Gasteiger partial charge in [0.15, 0.2) is 12.2 Å². The molecule has 344 valence electrons. The van der Waals surface area contributed by atoms with Gasteiger partial charge in [-0.3, -0.25) is 19.2 Å². The fourth-order valence-corrected chi connectivity index (χ4v) is 14.8. The number of carbonyl (C=O) groups excluding carboxylic acids is 4. The van der Waals surface area contributed by atoms with E-state index >= 15 is 0 Å². The highest BCUT2D eigenvalue weighted by Crippen LogP contribution is 2.71. The van der Waals surface area contributed by atoms with Crippen LogP contribution in [0.5, 0.6) is 0 Å². The first-order chi connectivity index (χ1) is 28.8. The zero-order valence-electron chi connectivity index (χ0n) is 39.3. The summed E-state index contributed by atoms with van der Waals surface area (Å²) in [7, 11) is 0. The Morgan fingerprint density at radius 3 is 1.85 bits per heavy atom. The van der Waals surface area contributed by atoms with E-state index in [9.17, 15) is 24.3 Å². The van der Waals surface area contributed by atoms with Gasteiger partial charge in [0.25, 0.3) is 0 Å². The molecule has 8 saturated carbocycles. The van der Waals surface area contributed by atoms with Gasteiger partial charge >= 0.3 is 23.9 Å². The quantitative estimate of drug-likeness (QED) is 0.115. The van der Waals surface area contributed by atoms with E-state index in [0.717, 1.165) is 67.1 Å². The number of rotatable bonds is 12. The summed E-state index contributed by atoms with van der Waals surface area (Å²) < 4.78 is 28.5. The summed E-state index contributed by atoms with van der Waals surface area (Å²) in [5.74, 6) is 7.57. The molecule has 3 heterocycles. The smallest absolute Gasteiger partial charge is 0.312 e. The van der Waals surface area contributed by atoms with Gasteiger partial charge < -0.3 is 28.8 Å². The summed E-state index contributed by atoms with van der Waals surface area (Å²) in [6.45, 7) is 20.6. The molecule has 0 aromatic heterocycles. The van der Waals surface area contributed by atoms with Crippen LogP contribution in [0.4, 0.5) is 0 Å². The zero-order valence-corrected chi connectivity index (χ0v) is 39.3. The molecule has 11 aliphatic rings. The van der Waals surface area contributed by atoms with Crippen molar-refractivity contribution in [3.63, 3.8) is 0 Å². The van der Waals surface area contributed by atoms with E-state index < -0.39 is 23.0 Å². The Bertz CT molecular complexity index is 1650. The van der Waals surface area contributed by atoms with Crippen molar-refractivity contribution < 1.29 is 48.0 Å². The molecule has 10 heteroatoms. The zero-order chi connectivity index (χ0) is 44.0. The Morgan fingerprint density at radius 2 is 1.28 bits per heavy atom. The molecular weight excluding hydrogens is 773 g/mol. The van der Waals surface area contributed by atoms with Crippen LogP contribution in [0.25, 0.3) is 0 Å².